The van der Waals surface area contributed by atoms with Crippen LogP contribution in [0.4, 0.5) is 5.69 Å². The van der Waals surface area contributed by atoms with Gasteiger partial charge in [0.05, 0.1) is 18.6 Å². The first-order valence-electron chi connectivity index (χ1n) is 5.83. The van der Waals surface area contributed by atoms with Crippen molar-refractivity contribution in [3.63, 3.8) is 0 Å². The summed E-state index contributed by atoms with van der Waals surface area (Å²) in [7, 11) is -1.72. The molecule has 0 saturated carbocycles. The van der Waals surface area contributed by atoms with Gasteiger partial charge >= 0.3 is 0 Å². The van der Waals surface area contributed by atoms with E-state index in [9.17, 15) is 8.42 Å². The number of anilines is 1. The van der Waals surface area contributed by atoms with Crippen molar-refractivity contribution >= 4 is 15.7 Å². The van der Waals surface area contributed by atoms with Crippen LogP contribution in [0.25, 0.3) is 0 Å². The second kappa shape index (κ2) is 6.61. The van der Waals surface area contributed by atoms with Crippen LogP contribution in [0.3, 0.4) is 0 Å². The normalized spacial score (nSPS) is 11.3. The van der Waals surface area contributed by atoms with Crippen molar-refractivity contribution in [2.24, 2.45) is 5.73 Å². The lowest BCUT2D eigenvalue weighted by Crippen LogP contribution is -2.18. The number of rotatable bonds is 7. The fourth-order valence-corrected chi connectivity index (χ4v) is 2.78. The summed E-state index contributed by atoms with van der Waals surface area (Å²) in [6, 6.07) is 5.22. The van der Waals surface area contributed by atoms with Gasteiger partial charge in [-0.2, -0.15) is 0 Å². The molecule has 5 nitrogen and oxygen atoms in total. The predicted molar refractivity (Wildman–Crippen MR) is 73.4 cm³/mol. The molecule has 0 bridgehead atoms. The highest BCUT2D eigenvalue weighted by molar-refractivity contribution is 7.92. The highest BCUT2D eigenvalue weighted by Crippen LogP contribution is 2.22. The third kappa shape index (κ3) is 4.54. The van der Waals surface area contributed by atoms with Crippen molar-refractivity contribution in [2.75, 3.05) is 24.1 Å². The van der Waals surface area contributed by atoms with Crippen LogP contribution in [0.2, 0.25) is 0 Å². The van der Waals surface area contributed by atoms with Gasteiger partial charge in [-0.25, -0.2) is 8.42 Å². The summed E-state index contributed by atoms with van der Waals surface area (Å²) in [6.45, 7) is 2.34. The van der Waals surface area contributed by atoms with Crippen molar-refractivity contribution < 1.29 is 13.2 Å². The lowest BCUT2D eigenvalue weighted by Gasteiger charge is -2.11. The monoisotopic (exact) mass is 272 g/mol. The van der Waals surface area contributed by atoms with Crippen LogP contribution in [0.1, 0.15) is 18.4 Å². The van der Waals surface area contributed by atoms with Crippen LogP contribution >= 0.6 is 0 Å². The van der Waals surface area contributed by atoms with E-state index in [-0.39, 0.29) is 5.75 Å². The molecule has 1 aromatic rings. The quantitative estimate of drug-likeness (QED) is 0.737. The molecule has 18 heavy (non-hydrogen) atoms. The van der Waals surface area contributed by atoms with E-state index in [0.29, 0.717) is 30.8 Å². The third-order valence-electron chi connectivity index (χ3n) is 2.57. The lowest BCUT2D eigenvalue weighted by molar-refractivity contribution is 0.414. The standard InChI is InChI=1S/C12H20N2O3S/c1-10-9-11(17-2)5-6-12(10)14-18(15,16)8-4-3-7-13/h5-6,9,14H,3-4,7-8,13H2,1-2H3. The van der Waals surface area contributed by atoms with E-state index in [2.05, 4.69) is 4.72 Å². The van der Waals surface area contributed by atoms with Gasteiger partial charge in [0.15, 0.2) is 0 Å². The van der Waals surface area contributed by atoms with Crippen molar-refractivity contribution in [2.45, 2.75) is 19.8 Å². The number of nitrogens with two attached hydrogens (primary N) is 1. The fraction of sp³-hybridized carbons (Fsp3) is 0.500. The van der Waals surface area contributed by atoms with E-state index in [1.807, 2.05) is 6.92 Å². The molecule has 102 valence electrons. The first-order valence-corrected chi connectivity index (χ1v) is 7.49. The van der Waals surface area contributed by atoms with E-state index < -0.39 is 10.0 Å². The minimum atomic E-state index is -3.30. The first-order chi connectivity index (χ1) is 8.48. The van der Waals surface area contributed by atoms with Crippen LogP contribution < -0.4 is 15.2 Å². The van der Waals surface area contributed by atoms with E-state index in [1.165, 1.54) is 0 Å². The molecule has 0 aliphatic carbocycles. The van der Waals surface area contributed by atoms with E-state index in [0.717, 1.165) is 5.56 Å². The largest absolute Gasteiger partial charge is 0.497 e. The number of nitrogens with one attached hydrogen (secondary N) is 1. The summed E-state index contributed by atoms with van der Waals surface area (Å²) < 4.78 is 31.2. The Morgan fingerprint density at radius 3 is 2.61 bits per heavy atom. The Morgan fingerprint density at radius 2 is 2.06 bits per heavy atom. The van der Waals surface area contributed by atoms with Crippen molar-refractivity contribution in [1.82, 2.24) is 0 Å². The molecule has 1 rings (SSSR count). The molecule has 0 aliphatic rings. The van der Waals surface area contributed by atoms with Gasteiger partial charge in [-0.1, -0.05) is 0 Å². The summed E-state index contributed by atoms with van der Waals surface area (Å²) in [5.74, 6) is 0.800. The number of ether oxygens (including phenoxy) is 1. The maximum absolute atomic E-state index is 11.8. The van der Waals surface area contributed by atoms with Gasteiger partial charge in [0.1, 0.15) is 5.75 Å². The van der Waals surface area contributed by atoms with E-state index in [4.69, 9.17) is 10.5 Å². The van der Waals surface area contributed by atoms with Crippen molar-refractivity contribution in [3.8, 4) is 5.75 Å². The molecular formula is C12H20N2O3S. The van der Waals surface area contributed by atoms with Crippen LogP contribution in [-0.2, 0) is 10.0 Å². The molecule has 0 aliphatic heterocycles. The predicted octanol–water partition coefficient (Wildman–Crippen LogP) is 1.48. The SMILES string of the molecule is COc1ccc(NS(=O)(=O)CCCCN)c(C)c1. The highest BCUT2D eigenvalue weighted by atomic mass is 32.2. The van der Waals surface area contributed by atoms with Gasteiger partial charge in [0, 0.05) is 0 Å². The molecule has 1 aromatic carbocycles. The Hall–Kier alpha value is -1.27. The summed E-state index contributed by atoms with van der Waals surface area (Å²) in [6.07, 6.45) is 1.28. The second-order valence-corrected chi connectivity index (χ2v) is 5.94. The maximum Gasteiger partial charge on any atom is 0.232 e. The van der Waals surface area contributed by atoms with Gasteiger partial charge in [0.2, 0.25) is 10.0 Å². The number of unbranched alkanes of at least 4 members (excludes halogenated alkanes) is 1. The molecule has 3 N–H and O–H groups in total. The topological polar surface area (TPSA) is 81.4 Å². The molecule has 0 unspecified atom stereocenters. The number of aryl methyl sites for hydroxylation is 1. The molecule has 0 amide bonds. The Morgan fingerprint density at radius 1 is 1.33 bits per heavy atom. The first kappa shape index (κ1) is 14.8. The Labute approximate surface area is 108 Å². The molecule has 0 aromatic heterocycles. The zero-order valence-electron chi connectivity index (χ0n) is 10.8. The number of methoxy groups -OCH3 is 1. The second-order valence-electron chi connectivity index (χ2n) is 4.10. The Balaban J connectivity index is 2.72. The summed E-state index contributed by atoms with van der Waals surface area (Å²) in [4.78, 5) is 0. The van der Waals surface area contributed by atoms with Crippen molar-refractivity contribution in [1.29, 1.82) is 0 Å². The van der Waals surface area contributed by atoms with Gasteiger partial charge in [-0.05, 0) is 50.1 Å². The maximum atomic E-state index is 11.8. The molecule has 0 atom stereocenters. The summed E-state index contributed by atoms with van der Waals surface area (Å²) >= 11 is 0. The van der Waals surface area contributed by atoms with Gasteiger partial charge < -0.3 is 10.5 Å². The number of sulfonamides is 1. The van der Waals surface area contributed by atoms with E-state index >= 15 is 0 Å². The highest BCUT2D eigenvalue weighted by Gasteiger charge is 2.11. The lowest BCUT2D eigenvalue weighted by atomic mass is 10.2. The van der Waals surface area contributed by atoms with E-state index in [1.54, 1.807) is 25.3 Å². The van der Waals surface area contributed by atoms with Crippen LogP contribution in [0.5, 0.6) is 5.75 Å². The minimum Gasteiger partial charge on any atom is -0.497 e. The molecule has 0 spiro atoms. The van der Waals surface area contributed by atoms with Gasteiger partial charge in [0.25, 0.3) is 0 Å². The Kier molecular flexibility index (Phi) is 5.43. The van der Waals surface area contributed by atoms with Crippen LogP contribution in [-0.4, -0.2) is 27.8 Å². The van der Waals surface area contributed by atoms with Gasteiger partial charge in [-0.3, -0.25) is 4.72 Å². The van der Waals surface area contributed by atoms with Crippen LogP contribution in [0.15, 0.2) is 18.2 Å². The molecule has 0 saturated heterocycles. The van der Waals surface area contributed by atoms with Crippen molar-refractivity contribution in [3.05, 3.63) is 23.8 Å². The van der Waals surface area contributed by atoms with Crippen LogP contribution in [0, 0.1) is 6.92 Å². The third-order valence-corrected chi connectivity index (χ3v) is 3.92. The average Bonchev–Trinajstić information content (AvgIpc) is 2.31. The van der Waals surface area contributed by atoms with Gasteiger partial charge in [-0.15, -0.1) is 0 Å². The smallest absolute Gasteiger partial charge is 0.232 e. The molecule has 0 radical (unpaired) electrons. The number of hydrogen-bond acceptors (Lipinski definition) is 4. The summed E-state index contributed by atoms with van der Waals surface area (Å²) in [5.41, 5.74) is 6.75. The molecule has 0 heterocycles. The summed E-state index contributed by atoms with van der Waals surface area (Å²) in [5, 5.41) is 0. The average molecular weight is 272 g/mol. The fourth-order valence-electron chi connectivity index (χ4n) is 1.53. The minimum absolute atomic E-state index is 0.0929. The molecule has 0 fully saturated rings. The molecular weight excluding hydrogens is 252 g/mol. The zero-order valence-corrected chi connectivity index (χ0v) is 11.6. The zero-order chi connectivity index (χ0) is 13.6. The molecule has 6 heteroatoms. The number of benzene rings is 1. The number of hydrogen-bond donors (Lipinski definition) is 2. The Bertz CT molecular complexity index is 486.